The Hall–Kier alpha value is -2.27. The van der Waals surface area contributed by atoms with E-state index >= 15 is 0 Å². The Labute approximate surface area is 127 Å². The Morgan fingerprint density at radius 2 is 2.00 bits per heavy atom. The maximum absolute atomic E-state index is 13.8. The van der Waals surface area contributed by atoms with E-state index in [2.05, 4.69) is 5.32 Å². The van der Waals surface area contributed by atoms with Crippen molar-refractivity contribution in [2.24, 2.45) is 0 Å². The molecule has 0 bridgehead atoms. The SMILES string of the molecule is Fc1cccc2c1OCCC2NCc1ccc2c(c1)OCO2. The van der Waals surface area contributed by atoms with Gasteiger partial charge in [0, 0.05) is 24.6 Å². The zero-order chi connectivity index (χ0) is 14.9. The number of benzene rings is 2. The molecule has 2 aliphatic heterocycles. The fourth-order valence-corrected chi connectivity index (χ4v) is 2.89. The number of fused-ring (bicyclic) bond motifs is 2. The van der Waals surface area contributed by atoms with E-state index in [1.807, 2.05) is 24.3 Å². The molecule has 1 unspecified atom stereocenters. The monoisotopic (exact) mass is 301 g/mol. The van der Waals surface area contributed by atoms with Crippen molar-refractivity contribution < 1.29 is 18.6 Å². The minimum atomic E-state index is -0.299. The van der Waals surface area contributed by atoms with E-state index in [1.165, 1.54) is 6.07 Å². The molecule has 2 aromatic rings. The van der Waals surface area contributed by atoms with Gasteiger partial charge in [0.2, 0.25) is 6.79 Å². The van der Waals surface area contributed by atoms with Crippen LogP contribution >= 0.6 is 0 Å². The summed E-state index contributed by atoms with van der Waals surface area (Å²) in [6.07, 6.45) is 0.820. The van der Waals surface area contributed by atoms with Crippen LogP contribution in [0.15, 0.2) is 36.4 Å². The first-order valence-corrected chi connectivity index (χ1v) is 7.34. The first-order chi connectivity index (χ1) is 10.8. The van der Waals surface area contributed by atoms with Gasteiger partial charge in [-0.05, 0) is 23.8 Å². The molecule has 5 heteroatoms. The predicted octanol–water partition coefficient (Wildman–Crippen LogP) is 3.17. The average Bonchev–Trinajstić information content (AvgIpc) is 3.01. The summed E-state index contributed by atoms with van der Waals surface area (Å²) in [4.78, 5) is 0. The third-order valence-corrected chi connectivity index (χ3v) is 4.02. The minimum Gasteiger partial charge on any atom is -0.490 e. The lowest BCUT2D eigenvalue weighted by Crippen LogP contribution is -2.27. The van der Waals surface area contributed by atoms with Gasteiger partial charge in [0.05, 0.1) is 6.61 Å². The maximum atomic E-state index is 13.8. The zero-order valence-electron chi connectivity index (χ0n) is 12.0. The van der Waals surface area contributed by atoms with Crippen LogP contribution < -0.4 is 19.5 Å². The molecule has 2 heterocycles. The summed E-state index contributed by atoms with van der Waals surface area (Å²) in [7, 11) is 0. The Morgan fingerprint density at radius 1 is 1.09 bits per heavy atom. The summed E-state index contributed by atoms with van der Waals surface area (Å²) >= 11 is 0. The smallest absolute Gasteiger partial charge is 0.231 e. The van der Waals surface area contributed by atoms with Crippen molar-refractivity contribution in [3.63, 3.8) is 0 Å². The van der Waals surface area contributed by atoms with Crippen molar-refractivity contribution in [3.8, 4) is 17.2 Å². The molecule has 0 amide bonds. The van der Waals surface area contributed by atoms with Gasteiger partial charge in [-0.1, -0.05) is 18.2 Å². The lowest BCUT2D eigenvalue weighted by Gasteiger charge is -2.27. The summed E-state index contributed by atoms with van der Waals surface area (Å²) in [6.45, 7) is 1.48. The number of hydrogen-bond acceptors (Lipinski definition) is 4. The highest BCUT2D eigenvalue weighted by molar-refractivity contribution is 5.44. The number of nitrogens with one attached hydrogen (secondary N) is 1. The van der Waals surface area contributed by atoms with E-state index in [9.17, 15) is 4.39 Å². The third-order valence-electron chi connectivity index (χ3n) is 4.02. The highest BCUT2D eigenvalue weighted by Crippen LogP contribution is 2.35. The molecule has 0 radical (unpaired) electrons. The second-order valence-corrected chi connectivity index (χ2v) is 5.42. The van der Waals surface area contributed by atoms with Crippen LogP contribution in [0.5, 0.6) is 17.2 Å². The van der Waals surface area contributed by atoms with E-state index < -0.39 is 0 Å². The fourth-order valence-electron chi connectivity index (χ4n) is 2.89. The van der Waals surface area contributed by atoms with Gasteiger partial charge >= 0.3 is 0 Å². The summed E-state index contributed by atoms with van der Waals surface area (Å²) in [6, 6.07) is 11.0. The average molecular weight is 301 g/mol. The first kappa shape index (κ1) is 13.4. The zero-order valence-corrected chi connectivity index (χ0v) is 12.0. The molecule has 0 saturated carbocycles. The van der Waals surface area contributed by atoms with Crippen LogP contribution in [0.25, 0.3) is 0 Å². The van der Waals surface area contributed by atoms with Crippen LogP contribution in [0, 0.1) is 5.82 Å². The number of halogens is 1. The van der Waals surface area contributed by atoms with Crippen LogP contribution in [0.4, 0.5) is 4.39 Å². The number of ether oxygens (including phenoxy) is 3. The fraction of sp³-hybridized carbons (Fsp3) is 0.294. The van der Waals surface area contributed by atoms with Crippen molar-refractivity contribution in [3.05, 3.63) is 53.3 Å². The second kappa shape index (κ2) is 5.50. The number of hydrogen-bond donors (Lipinski definition) is 1. The lowest BCUT2D eigenvalue weighted by molar-refractivity contribution is 0.174. The largest absolute Gasteiger partial charge is 0.490 e. The molecule has 2 aliphatic rings. The van der Waals surface area contributed by atoms with Gasteiger partial charge in [0.25, 0.3) is 0 Å². The van der Waals surface area contributed by atoms with E-state index in [0.717, 1.165) is 29.0 Å². The van der Waals surface area contributed by atoms with Crippen molar-refractivity contribution in [1.82, 2.24) is 5.32 Å². The normalized spacial score (nSPS) is 18.7. The molecule has 0 fully saturated rings. The van der Waals surface area contributed by atoms with Gasteiger partial charge in [-0.3, -0.25) is 0 Å². The van der Waals surface area contributed by atoms with Crippen molar-refractivity contribution in [2.45, 2.75) is 19.0 Å². The molecule has 4 nitrogen and oxygen atoms in total. The molecular weight excluding hydrogens is 285 g/mol. The van der Waals surface area contributed by atoms with Gasteiger partial charge in [-0.2, -0.15) is 0 Å². The standard InChI is InChI=1S/C17H16FNO3/c18-13-3-1-2-12-14(6-7-20-17(12)13)19-9-11-4-5-15-16(8-11)22-10-21-15/h1-5,8,14,19H,6-7,9-10H2. The summed E-state index contributed by atoms with van der Waals surface area (Å²) in [5.41, 5.74) is 1.99. The quantitative estimate of drug-likeness (QED) is 0.945. The number of rotatable bonds is 3. The molecule has 0 spiro atoms. The van der Waals surface area contributed by atoms with Gasteiger partial charge in [0.15, 0.2) is 23.1 Å². The molecule has 4 rings (SSSR count). The van der Waals surface area contributed by atoms with Crippen LogP contribution in [0.2, 0.25) is 0 Å². The Balaban J connectivity index is 1.50. The minimum absolute atomic E-state index is 0.0878. The highest BCUT2D eigenvalue weighted by atomic mass is 19.1. The molecule has 22 heavy (non-hydrogen) atoms. The summed E-state index contributed by atoms with van der Waals surface area (Å²) < 4.78 is 29.9. The van der Waals surface area contributed by atoms with E-state index in [0.29, 0.717) is 18.9 Å². The maximum Gasteiger partial charge on any atom is 0.231 e. The molecule has 1 atom stereocenters. The van der Waals surface area contributed by atoms with Gasteiger partial charge < -0.3 is 19.5 Å². The van der Waals surface area contributed by atoms with Crippen molar-refractivity contribution in [2.75, 3.05) is 13.4 Å². The molecule has 0 saturated heterocycles. The lowest BCUT2D eigenvalue weighted by atomic mass is 10.00. The second-order valence-electron chi connectivity index (χ2n) is 5.42. The van der Waals surface area contributed by atoms with Gasteiger partial charge in [0.1, 0.15) is 0 Å². The third kappa shape index (κ3) is 2.37. The van der Waals surface area contributed by atoms with Gasteiger partial charge in [-0.25, -0.2) is 4.39 Å². The molecule has 2 aromatic carbocycles. The molecular formula is C17H16FNO3. The van der Waals surface area contributed by atoms with Crippen molar-refractivity contribution in [1.29, 1.82) is 0 Å². The Bertz CT molecular complexity index is 704. The number of para-hydroxylation sites is 1. The molecule has 114 valence electrons. The van der Waals surface area contributed by atoms with E-state index in [4.69, 9.17) is 14.2 Å². The highest BCUT2D eigenvalue weighted by Gasteiger charge is 2.23. The van der Waals surface area contributed by atoms with Crippen LogP contribution in [0.3, 0.4) is 0 Å². The van der Waals surface area contributed by atoms with Crippen molar-refractivity contribution >= 4 is 0 Å². The van der Waals surface area contributed by atoms with Gasteiger partial charge in [-0.15, -0.1) is 0 Å². The topological polar surface area (TPSA) is 39.7 Å². The van der Waals surface area contributed by atoms with E-state index in [-0.39, 0.29) is 18.7 Å². The van der Waals surface area contributed by atoms with Crippen LogP contribution in [-0.2, 0) is 6.54 Å². The Kier molecular flexibility index (Phi) is 3.35. The molecule has 0 aliphatic carbocycles. The molecule has 1 N–H and O–H groups in total. The van der Waals surface area contributed by atoms with Crippen LogP contribution in [0.1, 0.15) is 23.6 Å². The van der Waals surface area contributed by atoms with Crippen LogP contribution in [-0.4, -0.2) is 13.4 Å². The Morgan fingerprint density at radius 3 is 2.95 bits per heavy atom. The first-order valence-electron chi connectivity index (χ1n) is 7.34. The molecule has 0 aromatic heterocycles. The summed E-state index contributed by atoms with van der Waals surface area (Å²) in [5.74, 6) is 1.63. The summed E-state index contributed by atoms with van der Waals surface area (Å²) in [5, 5.41) is 3.47. The predicted molar refractivity (Wildman–Crippen MR) is 78.7 cm³/mol. The van der Waals surface area contributed by atoms with E-state index in [1.54, 1.807) is 6.07 Å².